The van der Waals surface area contributed by atoms with Crippen molar-refractivity contribution in [3.8, 4) is 5.75 Å². The van der Waals surface area contributed by atoms with Crippen molar-refractivity contribution in [2.75, 3.05) is 78.8 Å². The highest BCUT2D eigenvalue weighted by Crippen LogP contribution is 2.14. The predicted octanol–water partition coefficient (Wildman–Crippen LogP) is 2.05. The number of ether oxygens (including phenoxy) is 3. The number of rotatable bonds is 11. The van der Waals surface area contributed by atoms with Crippen LogP contribution < -0.4 is 4.74 Å². The van der Waals surface area contributed by atoms with E-state index in [4.69, 9.17) is 14.2 Å². The first kappa shape index (κ1) is 27.5. The predicted molar refractivity (Wildman–Crippen MR) is 138 cm³/mol. The fourth-order valence-electron chi connectivity index (χ4n) is 4.62. The third-order valence-corrected chi connectivity index (χ3v) is 6.75. The van der Waals surface area contributed by atoms with Crippen molar-refractivity contribution >= 4 is 5.91 Å². The first-order valence-corrected chi connectivity index (χ1v) is 13.0. The maximum Gasteiger partial charge on any atom is 0.253 e. The lowest BCUT2D eigenvalue weighted by Gasteiger charge is -2.37. The molecule has 0 radical (unpaired) electrons. The molecule has 2 aliphatic heterocycles. The fourth-order valence-corrected chi connectivity index (χ4v) is 4.62. The summed E-state index contributed by atoms with van der Waals surface area (Å²) in [6, 6.07) is 13.4. The third kappa shape index (κ3) is 8.76. The summed E-state index contributed by atoms with van der Waals surface area (Å²) in [5.74, 6) is 0.194. The van der Waals surface area contributed by atoms with Gasteiger partial charge in [-0.25, -0.2) is 4.39 Å². The van der Waals surface area contributed by atoms with E-state index in [2.05, 4.69) is 9.80 Å². The zero-order valence-electron chi connectivity index (χ0n) is 21.6. The lowest BCUT2D eigenvalue weighted by atomic mass is 10.1. The number of aryl methyl sites for hydroxylation is 1. The third-order valence-electron chi connectivity index (χ3n) is 6.75. The smallest absolute Gasteiger partial charge is 0.253 e. The van der Waals surface area contributed by atoms with E-state index in [9.17, 15) is 14.3 Å². The zero-order chi connectivity index (χ0) is 26.0. The second kappa shape index (κ2) is 13.8. The Balaban J connectivity index is 1.31. The Hall–Kier alpha value is -2.56. The van der Waals surface area contributed by atoms with Gasteiger partial charge in [0, 0.05) is 57.9 Å². The minimum atomic E-state index is -0.699. The number of benzene rings is 2. The van der Waals surface area contributed by atoms with Crippen LogP contribution in [0.25, 0.3) is 0 Å². The quantitative estimate of drug-likeness (QED) is 0.491. The van der Waals surface area contributed by atoms with Crippen LogP contribution >= 0.6 is 0 Å². The average Bonchev–Trinajstić information content (AvgIpc) is 2.91. The van der Waals surface area contributed by atoms with Crippen molar-refractivity contribution in [1.29, 1.82) is 0 Å². The molecular formula is C28H38FN3O5. The van der Waals surface area contributed by atoms with Gasteiger partial charge in [0.25, 0.3) is 5.91 Å². The SMILES string of the molecule is Cc1ccc(C(=O)N(CCN2CCOCC2)C[C@H]2CN(C[C@@H](O)COc3ccc(F)cc3)CCO2)cc1. The largest absolute Gasteiger partial charge is 0.491 e. The molecule has 37 heavy (non-hydrogen) atoms. The van der Waals surface area contributed by atoms with Crippen molar-refractivity contribution in [3.05, 3.63) is 65.5 Å². The Morgan fingerprint density at radius 1 is 1.08 bits per heavy atom. The molecular weight excluding hydrogens is 477 g/mol. The minimum Gasteiger partial charge on any atom is -0.491 e. The van der Waals surface area contributed by atoms with E-state index in [1.807, 2.05) is 36.1 Å². The van der Waals surface area contributed by atoms with E-state index < -0.39 is 6.10 Å². The number of morpholine rings is 2. The molecule has 2 aromatic rings. The van der Waals surface area contributed by atoms with Crippen LogP contribution in [0.15, 0.2) is 48.5 Å². The molecule has 2 saturated heterocycles. The molecule has 0 aromatic heterocycles. The monoisotopic (exact) mass is 515 g/mol. The molecule has 2 aliphatic rings. The second-order valence-corrected chi connectivity index (χ2v) is 9.74. The van der Waals surface area contributed by atoms with E-state index in [-0.39, 0.29) is 24.4 Å². The first-order chi connectivity index (χ1) is 18.0. The number of hydrogen-bond acceptors (Lipinski definition) is 7. The Bertz CT molecular complexity index is 969. The molecule has 4 rings (SSSR count). The van der Waals surface area contributed by atoms with Gasteiger partial charge in [-0.15, -0.1) is 0 Å². The molecule has 9 heteroatoms. The standard InChI is InChI=1S/C28H38FN3O5/c1-22-2-4-23(5-3-22)28(34)32(11-10-30-12-15-35-16-13-30)20-27-19-31(14-17-36-27)18-25(33)21-37-26-8-6-24(29)7-9-26/h2-9,25,27,33H,10-21H2,1H3/t25-,27-/m1/s1. The maximum atomic E-state index is 13.4. The summed E-state index contributed by atoms with van der Waals surface area (Å²) in [4.78, 5) is 19.8. The van der Waals surface area contributed by atoms with Crippen LogP contribution in [-0.2, 0) is 9.47 Å². The molecule has 0 saturated carbocycles. The van der Waals surface area contributed by atoms with Gasteiger partial charge in [-0.05, 0) is 43.3 Å². The second-order valence-electron chi connectivity index (χ2n) is 9.74. The number of carbonyl (C=O) groups excluding carboxylic acids is 1. The summed E-state index contributed by atoms with van der Waals surface area (Å²) in [5.41, 5.74) is 1.79. The lowest BCUT2D eigenvalue weighted by Crippen LogP contribution is -2.52. The normalized spacial score (nSPS) is 19.9. The Morgan fingerprint density at radius 2 is 1.78 bits per heavy atom. The highest BCUT2D eigenvalue weighted by Gasteiger charge is 2.27. The Morgan fingerprint density at radius 3 is 2.51 bits per heavy atom. The van der Waals surface area contributed by atoms with Crippen molar-refractivity contribution in [2.24, 2.45) is 0 Å². The average molecular weight is 516 g/mol. The molecule has 8 nitrogen and oxygen atoms in total. The van der Waals surface area contributed by atoms with Crippen molar-refractivity contribution in [3.63, 3.8) is 0 Å². The lowest BCUT2D eigenvalue weighted by molar-refractivity contribution is -0.0545. The number of carbonyl (C=O) groups is 1. The molecule has 1 amide bonds. The van der Waals surface area contributed by atoms with Gasteiger partial charge in [0.15, 0.2) is 0 Å². The fraction of sp³-hybridized carbons (Fsp3) is 0.536. The summed E-state index contributed by atoms with van der Waals surface area (Å²) in [5, 5.41) is 10.5. The molecule has 2 atom stereocenters. The Labute approximate surface area is 218 Å². The summed E-state index contributed by atoms with van der Waals surface area (Å²) in [6.45, 7) is 9.47. The topological polar surface area (TPSA) is 74.7 Å². The van der Waals surface area contributed by atoms with Crippen LogP contribution in [0.2, 0.25) is 0 Å². The van der Waals surface area contributed by atoms with Gasteiger partial charge in [-0.1, -0.05) is 17.7 Å². The molecule has 1 N–H and O–H groups in total. The summed E-state index contributed by atoms with van der Waals surface area (Å²) in [7, 11) is 0. The number of halogens is 1. The Kier molecular flexibility index (Phi) is 10.3. The van der Waals surface area contributed by atoms with Crippen LogP contribution in [0.5, 0.6) is 5.75 Å². The number of aliphatic hydroxyl groups excluding tert-OH is 1. The number of aliphatic hydroxyl groups is 1. The minimum absolute atomic E-state index is 0.00159. The van der Waals surface area contributed by atoms with E-state index in [0.29, 0.717) is 50.6 Å². The number of amides is 1. The van der Waals surface area contributed by atoms with E-state index in [0.717, 1.165) is 38.4 Å². The number of hydrogen-bond donors (Lipinski definition) is 1. The highest BCUT2D eigenvalue weighted by atomic mass is 19.1. The van der Waals surface area contributed by atoms with Crippen LogP contribution in [0.1, 0.15) is 15.9 Å². The molecule has 0 spiro atoms. The first-order valence-electron chi connectivity index (χ1n) is 13.0. The van der Waals surface area contributed by atoms with Crippen molar-refractivity contribution < 1.29 is 28.5 Å². The van der Waals surface area contributed by atoms with E-state index in [1.54, 1.807) is 12.1 Å². The molecule has 2 heterocycles. The van der Waals surface area contributed by atoms with Gasteiger partial charge in [0.1, 0.15) is 24.3 Å². The van der Waals surface area contributed by atoms with Crippen molar-refractivity contribution in [2.45, 2.75) is 19.1 Å². The van der Waals surface area contributed by atoms with Crippen molar-refractivity contribution in [1.82, 2.24) is 14.7 Å². The van der Waals surface area contributed by atoms with Gasteiger partial charge in [-0.3, -0.25) is 14.6 Å². The van der Waals surface area contributed by atoms with E-state index in [1.165, 1.54) is 12.1 Å². The zero-order valence-corrected chi connectivity index (χ0v) is 21.6. The van der Waals surface area contributed by atoms with Crippen LogP contribution in [0, 0.1) is 12.7 Å². The maximum absolute atomic E-state index is 13.4. The van der Waals surface area contributed by atoms with Gasteiger partial charge in [0.05, 0.1) is 25.9 Å². The summed E-state index contributed by atoms with van der Waals surface area (Å²) in [6.07, 6.45) is -0.853. The van der Waals surface area contributed by atoms with Crippen LogP contribution in [0.4, 0.5) is 4.39 Å². The van der Waals surface area contributed by atoms with Gasteiger partial charge >= 0.3 is 0 Å². The molecule has 2 aromatic carbocycles. The van der Waals surface area contributed by atoms with Crippen LogP contribution in [0.3, 0.4) is 0 Å². The number of β-amino-alcohol motifs (C(OH)–C–C–N with tert-alkyl or cyclic N) is 1. The molecule has 0 aliphatic carbocycles. The molecule has 0 bridgehead atoms. The summed E-state index contributed by atoms with van der Waals surface area (Å²) >= 11 is 0. The van der Waals surface area contributed by atoms with Gasteiger partial charge < -0.3 is 24.2 Å². The molecule has 0 unspecified atom stereocenters. The highest BCUT2D eigenvalue weighted by molar-refractivity contribution is 5.94. The molecule has 2 fully saturated rings. The summed E-state index contributed by atoms with van der Waals surface area (Å²) < 4.78 is 30.2. The van der Waals surface area contributed by atoms with Gasteiger partial charge in [-0.2, -0.15) is 0 Å². The van der Waals surface area contributed by atoms with Crippen LogP contribution in [-0.4, -0.2) is 117 Å². The molecule has 202 valence electrons. The van der Waals surface area contributed by atoms with E-state index >= 15 is 0 Å². The number of nitrogens with zero attached hydrogens (tertiary/aromatic N) is 3. The van der Waals surface area contributed by atoms with Gasteiger partial charge in [0.2, 0.25) is 0 Å².